The van der Waals surface area contributed by atoms with Gasteiger partial charge in [0.05, 0.1) is 0 Å². The smallest absolute Gasteiger partial charge is 0.430 e. The molecule has 39 heavy (non-hydrogen) atoms. The van der Waals surface area contributed by atoms with Crippen molar-refractivity contribution in [3.8, 4) is 11.8 Å². The van der Waals surface area contributed by atoms with Crippen LogP contribution in [0, 0.1) is 25.7 Å². The van der Waals surface area contributed by atoms with Crippen molar-refractivity contribution in [3.05, 3.63) is 75.9 Å². The molecule has 0 radical (unpaired) electrons. The topological polar surface area (TPSA) is 57.5 Å². The van der Waals surface area contributed by atoms with Crippen LogP contribution in [0.5, 0.6) is 0 Å². The van der Waals surface area contributed by atoms with Crippen LogP contribution in [0.1, 0.15) is 79.3 Å². The van der Waals surface area contributed by atoms with Crippen LogP contribution < -0.4 is 0 Å². The number of benzene rings is 2. The maximum Gasteiger partial charge on any atom is 0.430 e. The van der Waals surface area contributed by atoms with Gasteiger partial charge in [-0.2, -0.15) is 26.3 Å². The van der Waals surface area contributed by atoms with E-state index in [4.69, 9.17) is 5.11 Å². The lowest BCUT2D eigenvalue weighted by atomic mass is 9.69. The minimum absolute atomic E-state index is 0.0572. The van der Waals surface area contributed by atoms with Crippen LogP contribution in [-0.4, -0.2) is 34.1 Å². The predicted molar refractivity (Wildman–Crippen MR) is 138 cm³/mol. The summed E-state index contributed by atoms with van der Waals surface area (Å²) in [6.45, 7) is 7.52. The highest BCUT2D eigenvalue weighted by Crippen LogP contribution is 2.45. The highest BCUT2D eigenvalue weighted by Gasteiger charge is 2.68. The predicted octanol–water partition coefficient (Wildman–Crippen LogP) is 7.88. The number of halogens is 6. The second-order valence-corrected chi connectivity index (χ2v) is 9.53. The zero-order chi connectivity index (χ0) is 29.6. The molecule has 0 aliphatic rings. The quantitative estimate of drug-likeness (QED) is 0.188. The number of aliphatic carboxylic acids is 1. The highest BCUT2D eigenvalue weighted by atomic mass is 19.4. The first-order valence-electron chi connectivity index (χ1n) is 12.5. The summed E-state index contributed by atoms with van der Waals surface area (Å²) in [5.41, 5.74) is -1.25. The minimum atomic E-state index is -5.93. The van der Waals surface area contributed by atoms with Gasteiger partial charge >= 0.3 is 18.3 Å². The van der Waals surface area contributed by atoms with E-state index in [2.05, 4.69) is 11.8 Å². The molecule has 3 nitrogen and oxygen atoms in total. The normalized spacial score (nSPS) is 12.9. The molecule has 2 N–H and O–H groups in total. The second kappa shape index (κ2) is 12.3. The third kappa shape index (κ3) is 7.04. The van der Waals surface area contributed by atoms with Gasteiger partial charge in [0.2, 0.25) is 0 Å². The van der Waals surface area contributed by atoms with E-state index in [0.717, 1.165) is 22.3 Å². The second-order valence-electron chi connectivity index (χ2n) is 9.53. The molecule has 2 aromatic carbocycles. The van der Waals surface area contributed by atoms with E-state index in [1.165, 1.54) is 6.07 Å². The zero-order valence-corrected chi connectivity index (χ0v) is 22.2. The molecule has 0 spiro atoms. The Morgan fingerprint density at radius 3 is 1.90 bits per heavy atom. The molecule has 212 valence electrons. The number of alkyl halides is 6. The molecule has 9 heteroatoms. The molecular weight excluding hydrogens is 522 g/mol. The average Bonchev–Trinajstić information content (AvgIpc) is 2.83. The van der Waals surface area contributed by atoms with Crippen LogP contribution in [0.15, 0.2) is 42.5 Å². The lowest BCUT2D eigenvalue weighted by Crippen LogP contribution is -2.55. The van der Waals surface area contributed by atoms with Gasteiger partial charge < -0.3 is 10.2 Å². The number of carboxylic acid groups (broad SMARTS) is 1. The summed E-state index contributed by atoms with van der Waals surface area (Å²) >= 11 is 0. The zero-order valence-electron chi connectivity index (χ0n) is 22.2. The molecule has 0 aliphatic heterocycles. The lowest BCUT2D eigenvalue weighted by Gasteiger charge is -2.34. The van der Waals surface area contributed by atoms with Crippen molar-refractivity contribution in [1.29, 1.82) is 0 Å². The number of carbonyl (C=O) groups is 1. The monoisotopic (exact) mass is 554 g/mol. The first-order chi connectivity index (χ1) is 18.0. The third-order valence-electron chi connectivity index (χ3n) is 7.09. The van der Waals surface area contributed by atoms with Gasteiger partial charge in [-0.15, -0.1) is 0 Å². The van der Waals surface area contributed by atoms with E-state index in [0.29, 0.717) is 37.3 Å². The summed E-state index contributed by atoms with van der Waals surface area (Å²) < 4.78 is 78.3. The SMILES string of the molecule is CCC(CC)(c1ccc(C#CCCCC(=O)O)c(C)c1)c1ccc(/C=C/C(O)(C(F)(F)F)C(F)(F)F)c(C)c1. The standard InChI is InChI=1S/C30H32F6O3/c1-5-27(6-2,24-14-12-22(20(3)18-24)10-8-7-9-11-26(37)38)25-15-13-23(21(4)19-25)16-17-28(39,29(31,32)33)30(34,35)36/h12-19,39H,5-7,9,11H2,1-4H3,(H,37,38)/b17-16+. The maximum atomic E-state index is 13.0. The van der Waals surface area contributed by atoms with Crippen LogP contribution >= 0.6 is 0 Å². The van der Waals surface area contributed by atoms with E-state index >= 15 is 0 Å². The van der Waals surface area contributed by atoms with Gasteiger partial charge in [-0.05, 0) is 73.1 Å². The minimum Gasteiger partial charge on any atom is -0.481 e. The van der Waals surface area contributed by atoms with E-state index in [1.807, 2.05) is 39.0 Å². The Bertz CT molecular complexity index is 1240. The third-order valence-corrected chi connectivity index (χ3v) is 7.09. The van der Waals surface area contributed by atoms with E-state index < -0.39 is 29.3 Å². The fourth-order valence-corrected chi connectivity index (χ4v) is 4.54. The van der Waals surface area contributed by atoms with Crippen molar-refractivity contribution in [2.45, 2.75) is 83.2 Å². The Hall–Kier alpha value is -3.25. The maximum absolute atomic E-state index is 13.0. The fourth-order valence-electron chi connectivity index (χ4n) is 4.54. The van der Waals surface area contributed by atoms with Crippen LogP contribution in [0.3, 0.4) is 0 Å². The van der Waals surface area contributed by atoms with Gasteiger partial charge in [-0.25, -0.2) is 0 Å². The number of carboxylic acids is 1. The molecule has 0 fully saturated rings. The van der Waals surface area contributed by atoms with E-state index in [1.54, 1.807) is 19.1 Å². The van der Waals surface area contributed by atoms with Gasteiger partial charge in [0, 0.05) is 23.8 Å². The molecule has 0 aliphatic carbocycles. The fraction of sp³-hybridized carbons (Fsp3) is 0.433. The summed E-state index contributed by atoms with van der Waals surface area (Å²) in [6, 6.07) is 10.8. The Labute approximate surface area is 224 Å². The van der Waals surface area contributed by atoms with Crippen LogP contribution in [-0.2, 0) is 10.2 Å². The van der Waals surface area contributed by atoms with Gasteiger partial charge in [-0.3, -0.25) is 4.79 Å². The van der Waals surface area contributed by atoms with Crippen LogP contribution in [0.25, 0.3) is 6.08 Å². The van der Waals surface area contributed by atoms with E-state index in [9.17, 15) is 36.2 Å². The summed E-state index contributed by atoms with van der Waals surface area (Å²) in [5.74, 6) is 5.20. The van der Waals surface area contributed by atoms with E-state index in [-0.39, 0.29) is 18.1 Å². The molecule has 2 aromatic rings. The molecule has 0 atom stereocenters. The molecule has 0 bridgehead atoms. The van der Waals surface area contributed by atoms with Crippen molar-refractivity contribution in [2.75, 3.05) is 0 Å². The van der Waals surface area contributed by atoms with Crippen molar-refractivity contribution in [2.24, 2.45) is 0 Å². The summed E-state index contributed by atoms with van der Waals surface area (Å²) in [4.78, 5) is 10.6. The van der Waals surface area contributed by atoms with Crippen molar-refractivity contribution < 1.29 is 41.4 Å². The molecule has 0 unspecified atom stereocenters. The first-order valence-corrected chi connectivity index (χ1v) is 12.5. The number of aryl methyl sites for hydroxylation is 2. The highest BCUT2D eigenvalue weighted by molar-refractivity contribution is 5.66. The summed E-state index contributed by atoms with van der Waals surface area (Å²) in [6.07, 6.45) is -9.12. The summed E-state index contributed by atoms with van der Waals surface area (Å²) in [7, 11) is 0. The number of unbranched alkanes of at least 4 members (excludes halogenated alkanes) is 1. The van der Waals surface area contributed by atoms with Crippen LogP contribution in [0.4, 0.5) is 26.3 Å². The number of aliphatic hydroxyl groups is 1. The largest absolute Gasteiger partial charge is 0.481 e. The molecule has 2 rings (SSSR count). The number of hydrogen-bond donors (Lipinski definition) is 2. The lowest BCUT2D eigenvalue weighted by molar-refractivity contribution is -0.347. The van der Waals surface area contributed by atoms with Gasteiger partial charge in [0.15, 0.2) is 0 Å². The Balaban J connectivity index is 2.43. The number of rotatable bonds is 9. The molecule has 0 aromatic heterocycles. The molecule has 0 saturated heterocycles. The molecule has 0 saturated carbocycles. The van der Waals surface area contributed by atoms with Crippen molar-refractivity contribution in [1.82, 2.24) is 0 Å². The number of hydrogen-bond acceptors (Lipinski definition) is 2. The molecule has 0 heterocycles. The van der Waals surface area contributed by atoms with Crippen molar-refractivity contribution in [3.63, 3.8) is 0 Å². The Kier molecular flexibility index (Phi) is 10.1. The van der Waals surface area contributed by atoms with Crippen molar-refractivity contribution >= 4 is 12.0 Å². The van der Waals surface area contributed by atoms with Crippen LogP contribution in [0.2, 0.25) is 0 Å². The van der Waals surface area contributed by atoms with Gasteiger partial charge in [0.1, 0.15) is 0 Å². The Morgan fingerprint density at radius 1 is 0.897 bits per heavy atom. The first kappa shape index (κ1) is 32.0. The molecule has 0 amide bonds. The molecular formula is C30H32F6O3. The summed E-state index contributed by atoms with van der Waals surface area (Å²) in [5, 5.41) is 18.2. The Morgan fingerprint density at radius 2 is 1.44 bits per heavy atom. The van der Waals surface area contributed by atoms with Gasteiger partial charge in [-0.1, -0.05) is 62.1 Å². The van der Waals surface area contributed by atoms with Gasteiger partial charge in [0.25, 0.3) is 5.60 Å². The average molecular weight is 555 g/mol.